The monoisotopic (exact) mass is 281 g/mol. The number of hydrogen-bond donors (Lipinski definition) is 1. The van der Waals surface area contributed by atoms with Crippen LogP contribution in [0.3, 0.4) is 0 Å². The maximum absolute atomic E-state index is 13.2. The van der Waals surface area contributed by atoms with E-state index in [0.29, 0.717) is 5.56 Å². The predicted molar refractivity (Wildman–Crippen MR) is 66.9 cm³/mol. The molecule has 1 aromatic heterocycles. The van der Waals surface area contributed by atoms with Gasteiger partial charge in [0, 0.05) is 11.8 Å². The van der Waals surface area contributed by atoms with Crippen LogP contribution in [0.25, 0.3) is 0 Å². The van der Waals surface area contributed by atoms with Gasteiger partial charge in [0.1, 0.15) is 18.0 Å². The van der Waals surface area contributed by atoms with Gasteiger partial charge in [-0.2, -0.15) is 0 Å². The summed E-state index contributed by atoms with van der Waals surface area (Å²) in [5.41, 5.74) is 0.421. The van der Waals surface area contributed by atoms with Crippen LogP contribution in [-0.2, 0) is 6.61 Å². The Morgan fingerprint density at radius 1 is 1.42 bits per heavy atom. The van der Waals surface area contributed by atoms with Crippen molar-refractivity contribution in [2.75, 3.05) is 0 Å². The predicted octanol–water partition coefficient (Wildman–Crippen LogP) is 3.15. The number of hydrogen-bond acceptors (Lipinski definition) is 3. The number of halogens is 2. The van der Waals surface area contributed by atoms with E-state index < -0.39 is 11.8 Å². The largest absolute Gasteiger partial charge is 0.486 e. The fourth-order valence-corrected chi connectivity index (χ4v) is 1.67. The van der Waals surface area contributed by atoms with Crippen molar-refractivity contribution in [2.24, 2.45) is 0 Å². The lowest BCUT2D eigenvalue weighted by Crippen LogP contribution is -2.04. The van der Waals surface area contributed by atoms with Crippen molar-refractivity contribution in [3.05, 3.63) is 58.6 Å². The van der Waals surface area contributed by atoms with Crippen LogP contribution in [0.4, 0.5) is 4.39 Å². The number of aromatic carboxylic acids is 1. The Morgan fingerprint density at radius 3 is 2.95 bits per heavy atom. The van der Waals surface area contributed by atoms with Gasteiger partial charge in [0.25, 0.3) is 0 Å². The molecule has 0 fully saturated rings. The van der Waals surface area contributed by atoms with Crippen molar-refractivity contribution < 1.29 is 19.0 Å². The summed E-state index contributed by atoms with van der Waals surface area (Å²) in [4.78, 5) is 14.7. The maximum atomic E-state index is 13.2. The van der Waals surface area contributed by atoms with Crippen molar-refractivity contribution in [3.63, 3.8) is 0 Å². The molecule has 98 valence electrons. The molecule has 1 aromatic carbocycles. The molecule has 0 spiro atoms. The Labute approximate surface area is 113 Å². The number of benzene rings is 1. The van der Waals surface area contributed by atoms with Crippen LogP contribution in [0.2, 0.25) is 5.02 Å². The summed E-state index contributed by atoms with van der Waals surface area (Å²) in [6, 6.07) is 5.66. The van der Waals surface area contributed by atoms with Crippen molar-refractivity contribution in [1.29, 1.82) is 0 Å². The first-order valence-electron chi connectivity index (χ1n) is 5.32. The number of ether oxygens (including phenoxy) is 1. The summed E-state index contributed by atoms with van der Waals surface area (Å²) in [7, 11) is 0. The molecule has 4 nitrogen and oxygen atoms in total. The molecule has 0 saturated heterocycles. The first-order valence-corrected chi connectivity index (χ1v) is 5.70. The summed E-state index contributed by atoms with van der Waals surface area (Å²) in [5, 5.41) is 8.93. The Bertz CT molecular complexity index is 619. The minimum absolute atomic E-state index is 0.0116. The van der Waals surface area contributed by atoms with Gasteiger partial charge in [0.05, 0.1) is 11.2 Å². The third-order valence-electron chi connectivity index (χ3n) is 2.43. The SMILES string of the molecule is O=C(O)c1ccncc1OCc1cccc(F)c1Cl. The standard InChI is InChI=1S/C13H9ClFNO3/c14-12-8(2-1-3-10(12)15)7-19-11-6-16-5-4-9(11)13(17)18/h1-6H,7H2,(H,17,18). The Hall–Kier alpha value is -2.14. The molecule has 0 aliphatic carbocycles. The molecule has 0 radical (unpaired) electrons. The van der Waals surface area contributed by atoms with Crippen LogP contribution in [-0.4, -0.2) is 16.1 Å². The summed E-state index contributed by atoms with van der Waals surface area (Å²) < 4.78 is 18.5. The molecular formula is C13H9ClFNO3. The Morgan fingerprint density at radius 2 is 2.21 bits per heavy atom. The van der Waals surface area contributed by atoms with Crippen LogP contribution in [0.1, 0.15) is 15.9 Å². The van der Waals surface area contributed by atoms with Gasteiger partial charge >= 0.3 is 5.97 Å². The fourth-order valence-electron chi connectivity index (χ4n) is 1.49. The van der Waals surface area contributed by atoms with Crippen molar-refractivity contribution >= 4 is 17.6 Å². The highest BCUT2D eigenvalue weighted by atomic mass is 35.5. The van der Waals surface area contributed by atoms with Gasteiger partial charge in [-0.3, -0.25) is 4.98 Å². The molecule has 0 atom stereocenters. The van der Waals surface area contributed by atoms with Crippen molar-refractivity contribution in [2.45, 2.75) is 6.61 Å². The van der Waals surface area contributed by atoms with E-state index >= 15 is 0 Å². The third-order valence-corrected chi connectivity index (χ3v) is 2.85. The molecule has 0 saturated carbocycles. The second kappa shape index (κ2) is 5.67. The second-order valence-electron chi connectivity index (χ2n) is 3.68. The molecule has 19 heavy (non-hydrogen) atoms. The second-order valence-corrected chi connectivity index (χ2v) is 4.06. The van der Waals surface area contributed by atoms with Crippen LogP contribution in [0.15, 0.2) is 36.7 Å². The van der Waals surface area contributed by atoms with Crippen molar-refractivity contribution in [3.8, 4) is 5.75 Å². The van der Waals surface area contributed by atoms with Crippen LogP contribution in [0, 0.1) is 5.82 Å². The van der Waals surface area contributed by atoms with E-state index in [1.807, 2.05) is 0 Å². The average Bonchev–Trinajstić information content (AvgIpc) is 2.40. The first kappa shape index (κ1) is 13.3. The van der Waals surface area contributed by atoms with Gasteiger partial charge in [-0.1, -0.05) is 23.7 Å². The van der Waals surface area contributed by atoms with Gasteiger partial charge in [-0.25, -0.2) is 9.18 Å². The summed E-state index contributed by atoms with van der Waals surface area (Å²) in [5.74, 6) is -1.56. The number of aromatic nitrogens is 1. The van der Waals surface area contributed by atoms with Gasteiger partial charge in [0.15, 0.2) is 5.75 Å². The zero-order chi connectivity index (χ0) is 13.8. The number of pyridine rings is 1. The van der Waals surface area contributed by atoms with Crippen LogP contribution in [0.5, 0.6) is 5.75 Å². The van der Waals surface area contributed by atoms with E-state index in [1.54, 1.807) is 6.07 Å². The summed E-state index contributed by atoms with van der Waals surface area (Å²) in [6.07, 6.45) is 2.64. The zero-order valence-corrected chi connectivity index (χ0v) is 10.4. The zero-order valence-electron chi connectivity index (χ0n) is 9.64. The van der Waals surface area contributed by atoms with Crippen LogP contribution < -0.4 is 4.74 Å². The lowest BCUT2D eigenvalue weighted by Gasteiger charge is -2.09. The lowest BCUT2D eigenvalue weighted by atomic mass is 10.2. The highest BCUT2D eigenvalue weighted by molar-refractivity contribution is 6.31. The smallest absolute Gasteiger partial charge is 0.339 e. The molecule has 1 N–H and O–H groups in total. The van der Waals surface area contributed by atoms with Crippen molar-refractivity contribution in [1.82, 2.24) is 4.98 Å². The maximum Gasteiger partial charge on any atom is 0.339 e. The minimum atomic E-state index is -1.12. The molecule has 0 unspecified atom stereocenters. The first-order chi connectivity index (χ1) is 9.09. The molecule has 0 aliphatic rings. The quantitative estimate of drug-likeness (QED) is 0.935. The lowest BCUT2D eigenvalue weighted by molar-refractivity contribution is 0.0691. The third kappa shape index (κ3) is 3.00. The molecule has 6 heteroatoms. The number of carboxylic acid groups (broad SMARTS) is 1. The van der Waals surface area contributed by atoms with Gasteiger partial charge in [-0.15, -0.1) is 0 Å². The van der Waals surface area contributed by atoms with Gasteiger partial charge in [-0.05, 0) is 12.1 Å². The average molecular weight is 282 g/mol. The van der Waals surface area contributed by atoms with Crippen LogP contribution >= 0.6 is 11.6 Å². The number of carboxylic acids is 1. The molecule has 1 heterocycles. The Balaban J connectivity index is 2.19. The summed E-state index contributed by atoms with van der Waals surface area (Å²) >= 11 is 5.77. The molecular weight excluding hydrogens is 273 g/mol. The summed E-state index contributed by atoms with van der Waals surface area (Å²) in [6.45, 7) is -0.0391. The van der Waals surface area contributed by atoms with E-state index in [-0.39, 0.29) is 22.9 Å². The van der Waals surface area contributed by atoms with Gasteiger partial charge < -0.3 is 9.84 Å². The van der Waals surface area contributed by atoms with E-state index in [2.05, 4.69) is 4.98 Å². The van der Waals surface area contributed by atoms with E-state index in [1.165, 1.54) is 30.6 Å². The molecule has 2 aromatic rings. The normalized spacial score (nSPS) is 10.2. The molecule has 0 aliphatic heterocycles. The molecule has 0 bridgehead atoms. The minimum Gasteiger partial charge on any atom is -0.486 e. The topological polar surface area (TPSA) is 59.4 Å². The highest BCUT2D eigenvalue weighted by Gasteiger charge is 2.12. The number of nitrogens with zero attached hydrogens (tertiary/aromatic N) is 1. The number of rotatable bonds is 4. The molecule has 0 amide bonds. The number of carbonyl (C=O) groups is 1. The fraction of sp³-hybridized carbons (Fsp3) is 0.0769. The Kier molecular flexibility index (Phi) is 3.97. The molecule has 2 rings (SSSR count). The van der Waals surface area contributed by atoms with E-state index in [4.69, 9.17) is 21.4 Å². The van der Waals surface area contributed by atoms with Gasteiger partial charge in [0.2, 0.25) is 0 Å². The van der Waals surface area contributed by atoms with E-state index in [0.717, 1.165) is 0 Å². The van der Waals surface area contributed by atoms with E-state index in [9.17, 15) is 9.18 Å². The highest BCUT2D eigenvalue weighted by Crippen LogP contribution is 2.23.